The van der Waals surface area contributed by atoms with Crippen LogP contribution in [0, 0.1) is 5.92 Å². The summed E-state index contributed by atoms with van der Waals surface area (Å²) in [6.45, 7) is 0. The second-order valence-corrected chi connectivity index (χ2v) is 6.66. The average molecular weight is 345 g/mol. The molecule has 2 amide bonds. The van der Waals surface area contributed by atoms with Crippen molar-refractivity contribution in [2.45, 2.75) is 31.7 Å². The molecule has 1 atom stereocenters. The Morgan fingerprint density at radius 3 is 2.58 bits per heavy atom. The van der Waals surface area contributed by atoms with E-state index in [4.69, 9.17) is 11.6 Å². The molecule has 0 aliphatic heterocycles. The van der Waals surface area contributed by atoms with E-state index >= 15 is 0 Å². The molecule has 0 aromatic heterocycles. The van der Waals surface area contributed by atoms with E-state index in [1.54, 1.807) is 18.2 Å². The number of aromatic hydroxyl groups is 1. The fourth-order valence-electron chi connectivity index (χ4n) is 3.36. The van der Waals surface area contributed by atoms with Crippen molar-refractivity contribution in [3.8, 4) is 5.75 Å². The number of nitrogens with one attached hydrogen (secondary N) is 2. The van der Waals surface area contributed by atoms with E-state index in [0.717, 1.165) is 18.4 Å². The smallest absolute Gasteiger partial charge is 0.319 e. The summed E-state index contributed by atoms with van der Waals surface area (Å²) in [6.07, 6.45) is 4.59. The molecule has 0 radical (unpaired) electrons. The van der Waals surface area contributed by atoms with Crippen molar-refractivity contribution in [3.63, 3.8) is 0 Å². The Bertz CT molecular complexity index is 714. The molecule has 1 aliphatic carbocycles. The number of carbonyl (C=O) groups excluding carboxylic acids is 1. The maximum Gasteiger partial charge on any atom is 0.319 e. The number of anilines is 1. The number of phenols is 1. The van der Waals surface area contributed by atoms with E-state index in [0.29, 0.717) is 16.6 Å². The van der Waals surface area contributed by atoms with Crippen LogP contribution < -0.4 is 10.6 Å². The van der Waals surface area contributed by atoms with Crippen LogP contribution in [0.3, 0.4) is 0 Å². The molecule has 4 nitrogen and oxygen atoms in total. The molecule has 0 spiro atoms. The minimum absolute atomic E-state index is 0.0662. The Morgan fingerprint density at radius 2 is 1.88 bits per heavy atom. The van der Waals surface area contributed by atoms with Gasteiger partial charge in [0.1, 0.15) is 5.75 Å². The van der Waals surface area contributed by atoms with Crippen molar-refractivity contribution in [3.05, 3.63) is 59.1 Å². The van der Waals surface area contributed by atoms with Gasteiger partial charge in [-0.05, 0) is 48.6 Å². The normalized spacial score (nSPS) is 15.9. The molecule has 1 aliphatic rings. The third-order valence-electron chi connectivity index (χ3n) is 4.47. The van der Waals surface area contributed by atoms with Crippen LogP contribution in [-0.4, -0.2) is 11.1 Å². The van der Waals surface area contributed by atoms with Crippen molar-refractivity contribution in [1.82, 2.24) is 5.32 Å². The highest BCUT2D eigenvalue weighted by Gasteiger charge is 2.28. The second kappa shape index (κ2) is 7.58. The third-order valence-corrected chi connectivity index (χ3v) is 4.70. The van der Waals surface area contributed by atoms with Crippen LogP contribution in [0.5, 0.6) is 5.75 Å². The highest BCUT2D eigenvalue weighted by atomic mass is 35.5. The number of rotatable bonds is 4. The molecule has 3 rings (SSSR count). The van der Waals surface area contributed by atoms with Crippen LogP contribution in [0.15, 0.2) is 48.5 Å². The van der Waals surface area contributed by atoms with Gasteiger partial charge >= 0.3 is 6.03 Å². The van der Waals surface area contributed by atoms with Crippen LogP contribution in [0.25, 0.3) is 0 Å². The number of halogens is 1. The van der Waals surface area contributed by atoms with Gasteiger partial charge in [0.25, 0.3) is 0 Å². The molecule has 2 aromatic carbocycles. The van der Waals surface area contributed by atoms with Gasteiger partial charge in [0.2, 0.25) is 0 Å². The van der Waals surface area contributed by atoms with Gasteiger partial charge in [0.05, 0.1) is 6.04 Å². The minimum atomic E-state index is -0.280. The van der Waals surface area contributed by atoms with Crippen molar-refractivity contribution in [2.75, 3.05) is 5.32 Å². The van der Waals surface area contributed by atoms with Crippen molar-refractivity contribution in [2.24, 2.45) is 5.92 Å². The molecule has 0 unspecified atom stereocenters. The van der Waals surface area contributed by atoms with Gasteiger partial charge in [-0.2, -0.15) is 0 Å². The van der Waals surface area contributed by atoms with Gasteiger partial charge < -0.3 is 15.7 Å². The van der Waals surface area contributed by atoms with Crippen molar-refractivity contribution < 1.29 is 9.90 Å². The lowest BCUT2D eigenvalue weighted by atomic mass is 9.92. The lowest BCUT2D eigenvalue weighted by molar-refractivity contribution is 0.242. The molecule has 3 N–H and O–H groups in total. The number of carbonyl (C=O) groups is 1. The summed E-state index contributed by atoms with van der Waals surface area (Å²) in [5.74, 6) is 0.536. The zero-order valence-corrected chi connectivity index (χ0v) is 14.1. The van der Waals surface area contributed by atoms with E-state index in [-0.39, 0.29) is 17.8 Å². The largest absolute Gasteiger partial charge is 0.508 e. The summed E-state index contributed by atoms with van der Waals surface area (Å²) in [5, 5.41) is 16.0. The van der Waals surface area contributed by atoms with E-state index in [1.807, 2.05) is 24.3 Å². The van der Waals surface area contributed by atoms with Crippen molar-refractivity contribution in [1.29, 1.82) is 0 Å². The van der Waals surface area contributed by atoms with Crippen LogP contribution in [0.2, 0.25) is 5.02 Å². The highest BCUT2D eigenvalue weighted by Crippen LogP contribution is 2.36. The number of hydrogen-bond acceptors (Lipinski definition) is 2. The molecular weight excluding hydrogens is 324 g/mol. The molecule has 1 saturated carbocycles. The standard InChI is InChI=1S/C19H21ClN2O2/c20-15-8-3-7-14(11-15)18(13-5-1-2-6-13)22-19(24)21-16-9-4-10-17(23)12-16/h3-4,7-13,18,23H,1-2,5-6H2,(H2,21,22,24)/t18-/m0/s1. The first-order chi connectivity index (χ1) is 11.6. The van der Waals surface area contributed by atoms with Gasteiger partial charge in [0, 0.05) is 16.8 Å². The Kier molecular flexibility index (Phi) is 5.26. The summed E-state index contributed by atoms with van der Waals surface area (Å²) in [6, 6.07) is 13.8. The monoisotopic (exact) mass is 344 g/mol. The quantitative estimate of drug-likeness (QED) is 0.722. The average Bonchev–Trinajstić information content (AvgIpc) is 3.07. The summed E-state index contributed by atoms with van der Waals surface area (Å²) in [5.41, 5.74) is 1.59. The third kappa shape index (κ3) is 4.20. The van der Waals surface area contributed by atoms with Crippen LogP contribution in [-0.2, 0) is 0 Å². The summed E-state index contributed by atoms with van der Waals surface area (Å²) >= 11 is 6.12. The van der Waals surface area contributed by atoms with Gasteiger partial charge in [-0.1, -0.05) is 42.6 Å². The Balaban J connectivity index is 1.75. The molecule has 126 valence electrons. The van der Waals surface area contributed by atoms with Gasteiger partial charge in [-0.15, -0.1) is 0 Å². The van der Waals surface area contributed by atoms with Gasteiger partial charge in [-0.3, -0.25) is 0 Å². The van der Waals surface area contributed by atoms with E-state index in [1.165, 1.54) is 18.9 Å². The molecule has 5 heteroatoms. The Labute approximate surface area is 146 Å². The number of phenolic OH excluding ortho intramolecular Hbond substituents is 1. The molecule has 0 heterocycles. The molecule has 0 bridgehead atoms. The number of urea groups is 1. The predicted molar refractivity (Wildman–Crippen MR) is 96.4 cm³/mol. The number of benzene rings is 2. The molecule has 24 heavy (non-hydrogen) atoms. The molecule has 2 aromatic rings. The Hall–Kier alpha value is -2.20. The molecule has 0 saturated heterocycles. The minimum Gasteiger partial charge on any atom is -0.508 e. The molecule has 1 fully saturated rings. The van der Waals surface area contributed by atoms with Crippen LogP contribution in [0.1, 0.15) is 37.3 Å². The van der Waals surface area contributed by atoms with Crippen LogP contribution >= 0.6 is 11.6 Å². The lowest BCUT2D eigenvalue weighted by Gasteiger charge is -2.25. The fourth-order valence-corrected chi connectivity index (χ4v) is 3.55. The van der Waals surface area contributed by atoms with Crippen molar-refractivity contribution >= 4 is 23.3 Å². The SMILES string of the molecule is O=C(Nc1cccc(O)c1)N[C@H](c1cccc(Cl)c1)C1CCCC1. The lowest BCUT2D eigenvalue weighted by Crippen LogP contribution is -2.35. The van der Waals surface area contributed by atoms with E-state index in [9.17, 15) is 9.90 Å². The summed E-state index contributed by atoms with van der Waals surface area (Å²) < 4.78 is 0. The van der Waals surface area contributed by atoms with Gasteiger partial charge in [-0.25, -0.2) is 4.79 Å². The fraction of sp³-hybridized carbons (Fsp3) is 0.316. The summed E-state index contributed by atoms with van der Waals surface area (Å²) in [7, 11) is 0. The number of hydrogen-bond donors (Lipinski definition) is 3. The highest BCUT2D eigenvalue weighted by molar-refractivity contribution is 6.30. The first-order valence-electron chi connectivity index (χ1n) is 8.24. The van der Waals surface area contributed by atoms with E-state index < -0.39 is 0 Å². The molecular formula is C19H21ClN2O2. The van der Waals surface area contributed by atoms with E-state index in [2.05, 4.69) is 10.6 Å². The first-order valence-corrected chi connectivity index (χ1v) is 8.61. The number of amides is 2. The van der Waals surface area contributed by atoms with Gasteiger partial charge in [0.15, 0.2) is 0 Å². The zero-order valence-electron chi connectivity index (χ0n) is 13.3. The Morgan fingerprint density at radius 1 is 1.12 bits per heavy atom. The zero-order chi connectivity index (χ0) is 16.9. The second-order valence-electron chi connectivity index (χ2n) is 6.23. The predicted octanol–water partition coefficient (Wildman–Crippen LogP) is 5.10. The summed E-state index contributed by atoms with van der Waals surface area (Å²) in [4.78, 5) is 12.4. The van der Waals surface area contributed by atoms with Crippen LogP contribution in [0.4, 0.5) is 10.5 Å². The topological polar surface area (TPSA) is 61.4 Å². The first kappa shape index (κ1) is 16.7. The maximum atomic E-state index is 12.4. The maximum absolute atomic E-state index is 12.4.